The first-order chi connectivity index (χ1) is 10.3. The fourth-order valence-corrected chi connectivity index (χ4v) is 4.22. The van der Waals surface area contributed by atoms with Gasteiger partial charge in [0.15, 0.2) is 5.82 Å². The lowest BCUT2D eigenvalue weighted by atomic mass is 9.76. The van der Waals surface area contributed by atoms with Crippen LogP contribution < -0.4 is 4.90 Å². The minimum atomic E-state index is -3.22. The van der Waals surface area contributed by atoms with E-state index < -0.39 is 15.6 Å². The normalized spacial score (nSPS) is 30.1. The first-order valence-corrected chi connectivity index (χ1v) is 9.35. The molecule has 0 saturated carbocycles. The summed E-state index contributed by atoms with van der Waals surface area (Å²) in [6.07, 6.45) is 2.35. The van der Waals surface area contributed by atoms with Crippen molar-refractivity contribution in [1.29, 1.82) is 0 Å². The molecule has 0 aromatic carbocycles. The van der Waals surface area contributed by atoms with Crippen molar-refractivity contribution in [2.24, 2.45) is 5.92 Å². The molecular weight excluding hydrogens is 304 g/mol. The molecule has 2 aliphatic heterocycles. The molecule has 1 aromatic heterocycles. The highest BCUT2D eigenvalue weighted by Crippen LogP contribution is 2.37. The number of aliphatic hydroxyl groups is 1. The van der Waals surface area contributed by atoms with Crippen LogP contribution in [0.1, 0.15) is 18.5 Å². The highest BCUT2D eigenvalue weighted by Gasteiger charge is 2.46. The number of aromatic nitrogens is 2. The highest BCUT2D eigenvalue weighted by molar-refractivity contribution is 7.88. The third kappa shape index (κ3) is 2.95. The monoisotopic (exact) mass is 326 g/mol. The summed E-state index contributed by atoms with van der Waals surface area (Å²) in [7, 11) is -3.22. The van der Waals surface area contributed by atoms with Crippen LogP contribution in [0.4, 0.5) is 5.82 Å². The fourth-order valence-electron chi connectivity index (χ4n) is 3.34. The average Bonchev–Trinajstić information content (AvgIpc) is 2.46. The van der Waals surface area contributed by atoms with Gasteiger partial charge in [-0.1, -0.05) is 0 Å². The van der Waals surface area contributed by atoms with Crippen molar-refractivity contribution in [3.05, 3.63) is 17.8 Å². The predicted molar refractivity (Wildman–Crippen MR) is 83.1 cm³/mol. The molecule has 2 atom stereocenters. The molecule has 0 aliphatic carbocycles. The lowest BCUT2D eigenvalue weighted by molar-refractivity contribution is -0.0688. The molecule has 8 heteroatoms. The SMILES string of the molecule is Cc1ccc(N2CC[C@@]3(O)CCN(S(C)(=O)=O)C[C@H]3C2)nn1. The molecule has 7 nitrogen and oxygen atoms in total. The lowest BCUT2D eigenvalue weighted by Crippen LogP contribution is -2.60. The van der Waals surface area contributed by atoms with Gasteiger partial charge in [0.05, 0.1) is 17.6 Å². The van der Waals surface area contributed by atoms with Crippen molar-refractivity contribution >= 4 is 15.8 Å². The molecule has 3 heterocycles. The van der Waals surface area contributed by atoms with Crippen molar-refractivity contribution < 1.29 is 13.5 Å². The Balaban J connectivity index is 1.78. The molecule has 122 valence electrons. The van der Waals surface area contributed by atoms with Crippen LogP contribution in [0.5, 0.6) is 0 Å². The third-order valence-electron chi connectivity index (χ3n) is 4.81. The van der Waals surface area contributed by atoms with Crippen LogP contribution in [0.2, 0.25) is 0 Å². The van der Waals surface area contributed by atoms with Crippen molar-refractivity contribution in [3.8, 4) is 0 Å². The van der Waals surface area contributed by atoms with Crippen LogP contribution in [0, 0.1) is 12.8 Å². The molecule has 2 fully saturated rings. The van der Waals surface area contributed by atoms with Gasteiger partial charge in [0.25, 0.3) is 0 Å². The second kappa shape index (κ2) is 5.43. The molecule has 2 saturated heterocycles. The molecule has 22 heavy (non-hydrogen) atoms. The van der Waals surface area contributed by atoms with Gasteiger partial charge < -0.3 is 10.0 Å². The summed E-state index contributed by atoms with van der Waals surface area (Å²) in [6, 6.07) is 3.83. The summed E-state index contributed by atoms with van der Waals surface area (Å²) >= 11 is 0. The molecule has 0 bridgehead atoms. The van der Waals surface area contributed by atoms with E-state index in [0.717, 1.165) is 11.5 Å². The zero-order chi connectivity index (χ0) is 16.0. The van der Waals surface area contributed by atoms with Gasteiger partial charge in [-0.05, 0) is 31.9 Å². The van der Waals surface area contributed by atoms with Crippen LogP contribution in [0.3, 0.4) is 0 Å². The maximum Gasteiger partial charge on any atom is 0.211 e. The van der Waals surface area contributed by atoms with Gasteiger partial charge in [-0.15, -0.1) is 5.10 Å². The summed E-state index contributed by atoms with van der Waals surface area (Å²) in [5.74, 6) is 0.678. The van der Waals surface area contributed by atoms with Gasteiger partial charge in [0.1, 0.15) is 0 Å². The molecule has 0 amide bonds. The van der Waals surface area contributed by atoms with E-state index in [1.807, 2.05) is 19.1 Å². The van der Waals surface area contributed by atoms with Gasteiger partial charge in [0.2, 0.25) is 10.0 Å². The van der Waals surface area contributed by atoms with E-state index in [1.54, 1.807) is 0 Å². The Morgan fingerprint density at radius 2 is 1.95 bits per heavy atom. The number of rotatable bonds is 2. The van der Waals surface area contributed by atoms with E-state index in [1.165, 1.54) is 10.6 Å². The third-order valence-corrected chi connectivity index (χ3v) is 6.08. The van der Waals surface area contributed by atoms with E-state index in [9.17, 15) is 13.5 Å². The fraction of sp³-hybridized carbons (Fsp3) is 0.714. The summed E-state index contributed by atoms with van der Waals surface area (Å²) in [6.45, 7) is 3.96. The quantitative estimate of drug-likeness (QED) is 0.824. The Labute approximate surface area is 131 Å². The summed E-state index contributed by atoms with van der Waals surface area (Å²) in [5.41, 5.74) is 0.0914. The second-order valence-electron chi connectivity index (χ2n) is 6.40. The van der Waals surface area contributed by atoms with Crippen LogP contribution in [0.15, 0.2) is 12.1 Å². The van der Waals surface area contributed by atoms with E-state index in [2.05, 4.69) is 15.1 Å². The van der Waals surface area contributed by atoms with Crippen molar-refractivity contribution in [1.82, 2.24) is 14.5 Å². The first-order valence-electron chi connectivity index (χ1n) is 7.51. The largest absolute Gasteiger partial charge is 0.389 e. The molecule has 0 unspecified atom stereocenters. The smallest absolute Gasteiger partial charge is 0.211 e. The number of anilines is 1. The maximum atomic E-state index is 11.8. The Morgan fingerprint density at radius 3 is 2.59 bits per heavy atom. The summed E-state index contributed by atoms with van der Waals surface area (Å²) in [5, 5.41) is 19.1. The molecule has 0 spiro atoms. The number of hydrogen-bond donors (Lipinski definition) is 1. The number of sulfonamides is 1. The topological polar surface area (TPSA) is 86.6 Å². The van der Waals surface area contributed by atoms with Gasteiger partial charge in [-0.3, -0.25) is 0 Å². The zero-order valence-electron chi connectivity index (χ0n) is 12.9. The minimum Gasteiger partial charge on any atom is -0.389 e. The van der Waals surface area contributed by atoms with E-state index >= 15 is 0 Å². The summed E-state index contributed by atoms with van der Waals surface area (Å²) < 4.78 is 25.0. The minimum absolute atomic E-state index is 0.104. The maximum absolute atomic E-state index is 11.8. The lowest BCUT2D eigenvalue weighted by Gasteiger charge is -2.49. The standard InChI is InChI=1S/C14H22N4O3S/c1-11-3-4-13(16-15-11)17-7-5-14(19)6-8-18(22(2,20)21)10-12(14)9-17/h3-4,12,19H,5-10H2,1-2H3/t12-,14-/m1/s1. The number of fused-ring (bicyclic) bond motifs is 1. The number of nitrogens with zero attached hydrogens (tertiary/aromatic N) is 4. The number of piperidine rings is 2. The van der Waals surface area contributed by atoms with Crippen molar-refractivity contribution in [2.75, 3.05) is 37.3 Å². The van der Waals surface area contributed by atoms with Crippen LogP contribution >= 0.6 is 0 Å². The van der Waals surface area contributed by atoms with Crippen LogP contribution in [0.25, 0.3) is 0 Å². The second-order valence-corrected chi connectivity index (χ2v) is 8.38. The molecule has 3 rings (SSSR count). The number of hydrogen-bond acceptors (Lipinski definition) is 6. The zero-order valence-corrected chi connectivity index (χ0v) is 13.8. The molecular formula is C14H22N4O3S. The van der Waals surface area contributed by atoms with Gasteiger partial charge >= 0.3 is 0 Å². The highest BCUT2D eigenvalue weighted by atomic mass is 32.2. The van der Waals surface area contributed by atoms with Gasteiger partial charge in [-0.25, -0.2) is 12.7 Å². The Kier molecular flexibility index (Phi) is 3.86. The average molecular weight is 326 g/mol. The molecule has 2 aliphatic rings. The first kappa shape index (κ1) is 15.6. The Morgan fingerprint density at radius 1 is 1.23 bits per heavy atom. The van der Waals surface area contributed by atoms with E-state index in [4.69, 9.17) is 0 Å². The number of aryl methyl sites for hydroxylation is 1. The van der Waals surface area contributed by atoms with Crippen molar-refractivity contribution in [3.63, 3.8) is 0 Å². The van der Waals surface area contributed by atoms with Crippen LogP contribution in [-0.2, 0) is 10.0 Å². The molecule has 0 radical (unpaired) electrons. The summed E-state index contributed by atoms with van der Waals surface area (Å²) in [4.78, 5) is 2.08. The Hall–Kier alpha value is -1.25. The van der Waals surface area contributed by atoms with Gasteiger partial charge in [0, 0.05) is 32.1 Å². The predicted octanol–water partition coefficient (Wildman–Crippen LogP) is 0.00772. The van der Waals surface area contributed by atoms with Crippen molar-refractivity contribution in [2.45, 2.75) is 25.4 Å². The van der Waals surface area contributed by atoms with E-state index in [0.29, 0.717) is 39.0 Å². The molecule has 1 N–H and O–H groups in total. The van der Waals surface area contributed by atoms with Gasteiger partial charge in [-0.2, -0.15) is 5.10 Å². The van der Waals surface area contributed by atoms with E-state index in [-0.39, 0.29) is 5.92 Å². The van der Waals surface area contributed by atoms with Crippen LogP contribution in [-0.4, -0.2) is 66.1 Å². The Bertz CT molecular complexity index is 649. The molecule has 1 aromatic rings.